The number of amides is 2. The average Bonchev–Trinajstić information content (AvgIpc) is 2.50. The minimum Gasteiger partial charge on any atom is -0.345 e. The second kappa shape index (κ2) is 7.78. The van der Waals surface area contributed by atoms with Crippen molar-refractivity contribution in [3.05, 3.63) is 34.9 Å². The first-order chi connectivity index (χ1) is 10.1. The van der Waals surface area contributed by atoms with Gasteiger partial charge in [0.1, 0.15) is 0 Å². The Kier molecular flexibility index (Phi) is 5.75. The first-order valence-electron chi connectivity index (χ1n) is 7.04. The van der Waals surface area contributed by atoms with Gasteiger partial charge in [0.05, 0.1) is 6.21 Å². The molecular weight excluding hydrogens is 290 g/mol. The summed E-state index contributed by atoms with van der Waals surface area (Å²) in [6, 6.07) is 7.08. The Bertz CT molecular complexity index is 522. The van der Waals surface area contributed by atoms with Crippen LogP contribution in [-0.2, 0) is 9.59 Å². The molecule has 0 radical (unpaired) electrons. The van der Waals surface area contributed by atoms with Crippen LogP contribution in [0.2, 0.25) is 5.02 Å². The summed E-state index contributed by atoms with van der Waals surface area (Å²) in [5, 5.41) is 7.12. The predicted molar refractivity (Wildman–Crippen MR) is 82.2 cm³/mol. The molecule has 0 aromatic heterocycles. The number of hydrogen-bond acceptors (Lipinski definition) is 3. The highest BCUT2D eigenvalue weighted by atomic mass is 35.5. The standard InChI is InChI=1S/C15H18ClN3O2/c16-12-8-6-11(7-9-12)10-17-19-15(21)14(20)18-13-4-2-1-3-5-13/h6-10,13H,1-5H2,(H,18,20)(H,19,21)/b17-10+. The number of carbonyl (C=O) groups is 2. The van der Waals surface area contributed by atoms with Crippen molar-refractivity contribution in [2.24, 2.45) is 5.10 Å². The summed E-state index contributed by atoms with van der Waals surface area (Å²) in [6.45, 7) is 0. The van der Waals surface area contributed by atoms with Gasteiger partial charge in [0.25, 0.3) is 0 Å². The van der Waals surface area contributed by atoms with E-state index in [0.29, 0.717) is 5.02 Å². The molecule has 0 heterocycles. The Balaban J connectivity index is 1.77. The lowest BCUT2D eigenvalue weighted by atomic mass is 9.95. The van der Waals surface area contributed by atoms with E-state index >= 15 is 0 Å². The molecule has 1 aromatic carbocycles. The summed E-state index contributed by atoms with van der Waals surface area (Å²) in [5.41, 5.74) is 3.01. The zero-order chi connectivity index (χ0) is 15.1. The van der Waals surface area contributed by atoms with E-state index in [1.807, 2.05) is 0 Å². The fourth-order valence-corrected chi connectivity index (χ4v) is 2.39. The van der Waals surface area contributed by atoms with Crippen molar-refractivity contribution in [3.63, 3.8) is 0 Å². The molecule has 0 aliphatic heterocycles. The molecule has 0 unspecified atom stereocenters. The van der Waals surface area contributed by atoms with Crippen molar-refractivity contribution >= 4 is 29.6 Å². The molecule has 6 heteroatoms. The van der Waals surface area contributed by atoms with Gasteiger partial charge in [-0.05, 0) is 30.5 Å². The molecule has 2 amide bonds. The summed E-state index contributed by atoms with van der Waals surface area (Å²) >= 11 is 5.76. The first-order valence-corrected chi connectivity index (χ1v) is 7.42. The molecule has 1 aliphatic carbocycles. The van der Waals surface area contributed by atoms with Gasteiger partial charge in [0.2, 0.25) is 0 Å². The van der Waals surface area contributed by atoms with Crippen LogP contribution in [0.3, 0.4) is 0 Å². The van der Waals surface area contributed by atoms with E-state index < -0.39 is 11.8 Å². The summed E-state index contributed by atoms with van der Waals surface area (Å²) < 4.78 is 0. The van der Waals surface area contributed by atoms with Gasteiger partial charge in [0, 0.05) is 11.1 Å². The number of halogens is 1. The van der Waals surface area contributed by atoms with Gasteiger partial charge in [0.15, 0.2) is 0 Å². The molecule has 112 valence electrons. The van der Waals surface area contributed by atoms with Crippen LogP contribution in [0.25, 0.3) is 0 Å². The number of rotatable bonds is 3. The van der Waals surface area contributed by atoms with Crippen LogP contribution >= 0.6 is 11.6 Å². The molecule has 1 saturated carbocycles. The van der Waals surface area contributed by atoms with Crippen molar-refractivity contribution in [3.8, 4) is 0 Å². The quantitative estimate of drug-likeness (QED) is 0.511. The lowest BCUT2D eigenvalue weighted by molar-refractivity contribution is -0.139. The fourth-order valence-electron chi connectivity index (χ4n) is 2.26. The molecule has 0 bridgehead atoms. The van der Waals surface area contributed by atoms with Crippen molar-refractivity contribution < 1.29 is 9.59 Å². The second-order valence-corrected chi connectivity index (χ2v) is 5.50. The zero-order valence-corrected chi connectivity index (χ0v) is 12.4. The van der Waals surface area contributed by atoms with Gasteiger partial charge < -0.3 is 5.32 Å². The first kappa shape index (κ1) is 15.5. The summed E-state index contributed by atoms with van der Waals surface area (Å²) in [5.74, 6) is -1.37. The van der Waals surface area contributed by atoms with Gasteiger partial charge in [-0.25, -0.2) is 5.43 Å². The minimum absolute atomic E-state index is 0.109. The van der Waals surface area contributed by atoms with E-state index in [4.69, 9.17) is 11.6 Å². The van der Waals surface area contributed by atoms with E-state index in [2.05, 4.69) is 15.8 Å². The molecule has 2 N–H and O–H groups in total. The number of benzene rings is 1. The van der Waals surface area contributed by atoms with Gasteiger partial charge in [-0.1, -0.05) is 43.0 Å². The van der Waals surface area contributed by atoms with Crippen molar-refractivity contribution in [2.75, 3.05) is 0 Å². The van der Waals surface area contributed by atoms with E-state index in [1.54, 1.807) is 24.3 Å². The highest BCUT2D eigenvalue weighted by Gasteiger charge is 2.19. The molecule has 1 aliphatic rings. The maximum atomic E-state index is 11.7. The third kappa shape index (κ3) is 5.19. The Morgan fingerprint density at radius 3 is 2.43 bits per heavy atom. The van der Waals surface area contributed by atoms with E-state index in [1.165, 1.54) is 12.6 Å². The van der Waals surface area contributed by atoms with Crippen molar-refractivity contribution in [1.29, 1.82) is 0 Å². The highest BCUT2D eigenvalue weighted by molar-refractivity contribution is 6.35. The zero-order valence-electron chi connectivity index (χ0n) is 11.6. The number of hydrazone groups is 1. The Labute approximate surface area is 128 Å². The van der Waals surface area contributed by atoms with Crippen LogP contribution in [0.5, 0.6) is 0 Å². The van der Waals surface area contributed by atoms with Crippen LogP contribution in [0, 0.1) is 0 Å². The predicted octanol–water partition coefficient (Wildman–Crippen LogP) is 2.24. The Hall–Kier alpha value is -1.88. The van der Waals surface area contributed by atoms with E-state index in [9.17, 15) is 9.59 Å². The average molecular weight is 308 g/mol. The summed E-state index contributed by atoms with van der Waals surface area (Å²) in [4.78, 5) is 23.3. The largest absolute Gasteiger partial charge is 0.345 e. The Morgan fingerprint density at radius 2 is 1.76 bits per heavy atom. The van der Waals surface area contributed by atoms with Gasteiger partial charge in [-0.3, -0.25) is 9.59 Å². The third-order valence-corrected chi connectivity index (χ3v) is 3.65. The van der Waals surface area contributed by atoms with Crippen molar-refractivity contribution in [2.45, 2.75) is 38.1 Å². The molecule has 5 nitrogen and oxygen atoms in total. The van der Waals surface area contributed by atoms with Gasteiger partial charge >= 0.3 is 11.8 Å². The number of carbonyl (C=O) groups excluding carboxylic acids is 2. The van der Waals surface area contributed by atoms with Crippen LogP contribution in [-0.4, -0.2) is 24.1 Å². The number of hydrogen-bond donors (Lipinski definition) is 2. The molecule has 2 rings (SSSR count). The highest BCUT2D eigenvalue weighted by Crippen LogP contribution is 2.17. The number of nitrogens with zero attached hydrogens (tertiary/aromatic N) is 1. The molecule has 0 atom stereocenters. The topological polar surface area (TPSA) is 70.6 Å². The van der Waals surface area contributed by atoms with E-state index in [0.717, 1.165) is 31.2 Å². The molecule has 0 saturated heterocycles. The maximum Gasteiger partial charge on any atom is 0.329 e. The molecule has 21 heavy (non-hydrogen) atoms. The minimum atomic E-state index is -0.745. The Morgan fingerprint density at radius 1 is 1.10 bits per heavy atom. The second-order valence-electron chi connectivity index (χ2n) is 5.06. The summed E-state index contributed by atoms with van der Waals surface area (Å²) in [7, 11) is 0. The molecular formula is C15H18ClN3O2. The monoisotopic (exact) mass is 307 g/mol. The molecule has 1 aromatic rings. The lowest BCUT2D eigenvalue weighted by Gasteiger charge is -2.22. The van der Waals surface area contributed by atoms with Crippen LogP contribution in [0.1, 0.15) is 37.7 Å². The smallest absolute Gasteiger partial charge is 0.329 e. The lowest BCUT2D eigenvalue weighted by Crippen LogP contribution is -2.44. The number of nitrogens with one attached hydrogen (secondary N) is 2. The van der Waals surface area contributed by atoms with Crippen LogP contribution < -0.4 is 10.7 Å². The third-order valence-electron chi connectivity index (χ3n) is 3.40. The molecule has 1 fully saturated rings. The SMILES string of the molecule is O=C(N/N=C/c1ccc(Cl)cc1)C(=O)NC1CCCCC1. The summed E-state index contributed by atoms with van der Waals surface area (Å²) in [6.07, 6.45) is 6.73. The van der Waals surface area contributed by atoms with Crippen molar-refractivity contribution in [1.82, 2.24) is 10.7 Å². The fraction of sp³-hybridized carbons (Fsp3) is 0.400. The van der Waals surface area contributed by atoms with E-state index in [-0.39, 0.29) is 6.04 Å². The van der Waals surface area contributed by atoms with Crippen LogP contribution in [0.4, 0.5) is 0 Å². The maximum absolute atomic E-state index is 11.7. The normalized spacial score (nSPS) is 15.9. The van der Waals surface area contributed by atoms with Gasteiger partial charge in [-0.2, -0.15) is 5.10 Å². The van der Waals surface area contributed by atoms with Crippen LogP contribution in [0.15, 0.2) is 29.4 Å². The van der Waals surface area contributed by atoms with Gasteiger partial charge in [-0.15, -0.1) is 0 Å². The molecule has 0 spiro atoms.